The Balaban J connectivity index is 2.05. The van der Waals surface area contributed by atoms with E-state index < -0.39 is 12.1 Å². The third kappa shape index (κ3) is 3.99. The van der Waals surface area contributed by atoms with E-state index in [-0.39, 0.29) is 5.91 Å². The van der Waals surface area contributed by atoms with Gasteiger partial charge in [-0.15, -0.1) is 0 Å². The van der Waals surface area contributed by atoms with Gasteiger partial charge in [-0.3, -0.25) is 4.79 Å². The van der Waals surface area contributed by atoms with E-state index in [1.54, 1.807) is 48.5 Å². The van der Waals surface area contributed by atoms with Crippen LogP contribution in [0.2, 0.25) is 5.02 Å². The maximum Gasteiger partial charge on any atom is 0.344 e. The van der Waals surface area contributed by atoms with Crippen LogP contribution in [0.4, 0.5) is 5.69 Å². The molecule has 0 saturated heterocycles. The summed E-state index contributed by atoms with van der Waals surface area (Å²) in [6, 6.07) is 13.1. The number of anilines is 1. The van der Waals surface area contributed by atoms with Crippen molar-refractivity contribution in [2.24, 2.45) is 0 Å². The Bertz CT molecular complexity index is 685. The molecule has 0 radical (unpaired) electrons. The van der Waals surface area contributed by atoms with Gasteiger partial charge in [0.2, 0.25) is 0 Å². The van der Waals surface area contributed by atoms with Crippen molar-refractivity contribution in [1.82, 2.24) is 0 Å². The number of hydrogen-bond acceptors (Lipinski definition) is 3. The van der Waals surface area contributed by atoms with Crippen molar-refractivity contribution in [1.29, 1.82) is 0 Å². The van der Waals surface area contributed by atoms with Gasteiger partial charge in [-0.05, 0) is 43.3 Å². The Kier molecular flexibility index (Phi) is 5.01. The highest BCUT2D eigenvalue weighted by Crippen LogP contribution is 2.21. The second-order valence-corrected chi connectivity index (χ2v) is 4.96. The zero-order valence-electron chi connectivity index (χ0n) is 11.7. The van der Waals surface area contributed by atoms with Crippen LogP contribution in [-0.2, 0) is 4.79 Å². The normalized spacial score (nSPS) is 11.5. The Morgan fingerprint density at radius 1 is 1.14 bits per heavy atom. The Hall–Kier alpha value is -2.53. The lowest BCUT2D eigenvalue weighted by Gasteiger charge is -2.11. The smallest absolute Gasteiger partial charge is 0.344 e. The molecule has 6 heteroatoms. The quantitative estimate of drug-likeness (QED) is 0.885. The molecule has 2 rings (SSSR count). The van der Waals surface area contributed by atoms with Gasteiger partial charge >= 0.3 is 5.97 Å². The standard InChI is InChI=1S/C16H14ClNO4/c1-10(16(20)21)22-12-8-6-11(7-9-12)15(19)18-14-5-3-2-4-13(14)17/h2-10H,1H3,(H,18,19)(H,20,21). The Labute approximate surface area is 132 Å². The highest BCUT2D eigenvalue weighted by atomic mass is 35.5. The first-order valence-corrected chi connectivity index (χ1v) is 6.90. The molecule has 0 saturated carbocycles. The largest absolute Gasteiger partial charge is 0.479 e. The fourth-order valence-corrected chi connectivity index (χ4v) is 1.88. The van der Waals surface area contributed by atoms with Crippen LogP contribution in [-0.4, -0.2) is 23.1 Å². The average molecular weight is 320 g/mol. The first kappa shape index (κ1) is 15.9. The number of ether oxygens (including phenoxy) is 1. The van der Waals surface area contributed by atoms with Gasteiger partial charge < -0.3 is 15.2 Å². The van der Waals surface area contributed by atoms with Crippen LogP contribution in [0, 0.1) is 0 Å². The number of carbonyl (C=O) groups is 2. The second-order valence-electron chi connectivity index (χ2n) is 4.56. The number of halogens is 1. The number of aliphatic carboxylic acids is 1. The molecule has 0 spiro atoms. The van der Waals surface area contributed by atoms with E-state index in [1.165, 1.54) is 6.92 Å². The van der Waals surface area contributed by atoms with Crippen LogP contribution in [0.1, 0.15) is 17.3 Å². The minimum Gasteiger partial charge on any atom is -0.479 e. The summed E-state index contributed by atoms with van der Waals surface area (Å²) in [6.45, 7) is 1.43. The molecular formula is C16H14ClNO4. The van der Waals surface area contributed by atoms with Crippen molar-refractivity contribution < 1.29 is 19.4 Å². The van der Waals surface area contributed by atoms with Crippen LogP contribution in [0.3, 0.4) is 0 Å². The molecule has 2 N–H and O–H groups in total. The molecule has 5 nitrogen and oxygen atoms in total. The number of amides is 1. The maximum atomic E-state index is 12.1. The van der Waals surface area contributed by atoms with Gasteiger partial charge in [-0.25, -0.2) is 4.79 Å². The van der Waals surface area contributed by atoms with E-state index in [0.29, 0.717) is 22.0 Å². The van der Waals surface area contributed by atoms with Crippen molar-refractivity contribution in [3.63, 3.8) is 0 Å². The molecular weight excluding hydrogens is 306 g/mol. The molecule has 0 bridgehead atoms. The second kappa shape index (κ2) is 6.95. The summed E-state index contributed by atoms with van der Waals surface area (Å²) < 4.78 is 5.20. The highest BCUT2D eigenvalue weighted by Gasteiger charge is 2.13. The summed E-state index contributed by atoms with van der Waals surface area (Å²) in [7, 11) is 0. The number of carboxylic acid groups (broad SMARTS) is 1. The molecule has 1 atom stereocenters. The molecule has 2 aromatic carbocycles. The fraction of sp³-hybridized carbons (Fsp3) is 0.125. The number of carbonyl (C=O) groups excluding carboxylic acids is 1. The first-order valence-electron chi connectivity index (χ1n) is 6.53. The Morgan fingerprint density at radius 2 is 1.77 bits per heavy atom. The SMILES string of the molecule is CC(Oc1ccc(C(=O)Nc2ccccc2Cl)cc1)C(=O)O. The van der Waals surface area contributed by atoms with Gasteiger partial charge in [0, 0.05) is 5.56 Å². The zero-order chi connectivity index (χ0) is 16.1. The topological polar surface area (TPSA) is 75.6 Å². The number of carboxylic acids is 1. The van der Waals surface area contributed by atoms with Crippen LogP contribution < -0.4 is 10.1 Å². The van der Waals surface area contributed by atoms with Gasteiger partial charge in [0.25, 0.3) is 5.91 Å². The predicted octanol–water partition coefficient (Wildman–Crippen LogP) is 3.44. The van der Waals surface area contributed by atoms with E-state index in [0.717, 1.165) is 0 Å². The van der Waals surface area contributed by atoms with E-state index in [4.69, 9.17) is 21.4 Å². The van der Waals surface area contributed by atoms with Crippen LogP contribution in [0.5, 0.6) is 5.75 Å². The summed E-state index contributed by atoms with van der Waals surface area (Å²) >= 11 is 5.98. The van der Waals surface area contributed by atoms with Gasteiger partial charge in [0.15, 0.2) is 6.10 Å². The molecule has 22 heavy (non-hydrogen) atoms. The minimum atomic E-state index is -1.06. The molecule has 114 valence electrons. The van der Waals surface area contributed by atoms with Crippen molar-refractivity contribution in [3.8, 4) is 5.75 Å². The molecule has 0 aromatic heterocycles. The van der Waals surface area contributed by atoms with Crippen molar-refractivity contribution >= 4 is 29.2 Å². The molecule has 0 aliphatic carbocycles. The van der Waals surface area contributed by atoms with Gasteiger partial charge in [0.05, 0.1) is 10.7 Å². The van der Waals surface area contributed by atoms with E-state index >= 15 is 0 Å². The number of hydrogen-bond donors (Lipinski definition) is 2. The molecule has 1 unspecified atom stereocenters. The van der Waals surface area contributed by atoms with Crippen LogP contribution in [0.15, 0.2) is 48.5 Å². The summed E-state index contributed by atoms with van der Waals surface area (Å²) in [5.41, 5.74) is 0.934. The lowest BCUT2D eigenvalue weighted by atomic mass is 10.2. The molecule has 0 aliphatic heterocycles. The van der Waals surface area contributed by atoms with Crippen LogP contribution in [0.25, 0.3) is 0 Å². The van der Waals surface area contributed by atoms with E-state index in [9.17, 15) is 9.59 Å². The number of nitrogens with one attached hydrogen (secondary N) is 1. The number of rotatable bonds is 5. The fourth-order valence-electron chi connectivity index (χ4n) is 1.70. The summed E-state index contributed by atoms with van der Waals surface area (Å²) in [6.07, 6.45) is -0.956. The van der Waals surface area contributed by atoms with Gasteiger partial charge in [-0.2, -0.15) is 0 Å². The molecule has 1 amide bonds. The zero-order valence-corrected chi connectivity index (χ0v) is 12.5. The third-order valence-corrected chi connectivity index (χ3v) is 3.23. The van der Waals surface area contributed by atoms with Crippen molar-refractivity contribution in [3.05, 3.63) is 59.1 Å². The predicted molar refractivity (Wildman–Crippen MR) is 83.6 cm³/mol. The minimum absolute atomic E-state index is 0.314. The third-order valence-electron chi connectivity index (χ3n) is 2.90. The van der Waals surface area contributed by atoms with E-state index in [1.807, 2.05) is 0 Å². The monoisotopic (exact) mass is 319 g/mol. The van der Waals surface area contributed by atoms with E-state index in [2.05, 4.69) is 5.32 Å². The summed E-state index contributed by atoms with van der Waals surface area (Å²) in [5.74, 6) is -0.990. The average Bonchev–Trinajstić information content (AvgIpc) is 2.50. The molecule has 0 heterocycles. The Morgan fingerprint density at radius 3 is 2.36 bits per heavy atom. The molecule has 0 fully saturated rings. The maximum absolute atomic E-state index is 12.1. The lowest BCUT2D eigenvalue weighted by Crippen LogP contribution is -2.22. The lowest BCUT2D eigenvalue weighted by molar-refractivity contribution is -0.144. The van der Waals surface area contributed by atoms with Gasteiger partial charge in [0.1, 0.15) is 5.75 Å². The van der Waals surface area contributed by atoms with Crippen LogP contribution >= 0.6 is 11.6 Å². The molecule has 0 aliphatic rings. The summed E-state index contributed by atoms with van der Waals surface area (Å²) in [4.78, 5) is 22.8. The number of para-hydroxylation sites is 1. The van der Waals surface area contributed by atoms with Crippen molar-refractivity contribution in [2.75, 3.05) is 5.32 Å². The first-order chi connectivity index (χ1) is 10.5. The highest BCUT2D eigenvalue weighted by molar-refractivity contribution is 6.33. The molecule has 2 aromatic rings. The van der Waals surface area contributed by atoms with Gasteiger partial charge in [-0.1, -0.05) is 23.7 Å². The number of benzene rings is 2. The van der Waals surface area contributed by atoms with Crippen molar-refractivity contribution in [2.45, 2.75) is 13.0 Å². The summed E-state index contributed by atoms with van der Waals surface area (Å²) in [5, 5.41) is 11.9.